The van der Waals surface area contributed by atoms with Crippen LogP contribution in [0.5, 0.6) is 0 Å². The Balaban J connectivity index is 1.52. The van der Waals surface area contributed by atoms with E-state index >= 15 is 0 Å². The van der Waals surface area contributed by atoms with Crippen molar-refractivity contribution in [2.75, 3.05) is 24.9 Å². The number of hydrogen-bond donors (Lipinski definition) is 5. The molecule has 2 unspecified atom stereocenters. The molecule has 2 aromatic heterocycles. The van der Waals surface area contributed by atoms with Gasteiger partial charge in [0, 0.05) is 18.7 Å². The molecule has 1 aliphatic heterocycles. The molecule has 0 radical (unpaired) electrons. The Kier molecular flexibility index (Phi) is 8.59. The van der Waals surface area contributed by atoms with Crippen molar-refractivity contribution in [3.8, 4) is 0 Å². The van der Waals surface area contributed by atoms with Crippen LogP contribution in [0, 0.1) is 0 Å². The summed E-state index contributed by atoms with van der Waals surface area (Å²) in [4.78, 5) is 27.6. The van der Waals surface area contributed by atoms with Gasteiger partial charge in [0.2, 0.25) is 5.28 Å². The lowest BCUT2D eigenvalue weighted by atomic mass is 10.1. The van der Waals surface area contributed by atoms with Crippen molar-refractivity contribution in [2.45, 2.75) is 31.1 Å². The molecule has 5 N–H and O–H groups in total. The minimum absolute atomic E-state index is 0.128. The van der Waals surface area contributed by atoms with Crippen LogP contribution in [-0.4, -0.2) is 77.7 Å². The van der Waals surface area contributed by atoms with Gasteiger partial charge in [-0.1, -0.05) is 29.8 Å². The summed E-state index contributed by atoms with van der Waals surface area (Å²) in [5, 5.41) is 29.2. The number of aromatic nitrogens is 4. The maximum atomic E-state index is 12.1. The standard InChI is InChI=1S/C19H23Cl2N5O9P2/c1-33-36(29,30)9-37(31,32)34-8-13-14(27)15(28)18(35-13)26-17-11(7-23-26)16(24-19(21)25-17)22-6-10-4-2-3-5-12(10)20/h2-5,7,13-15,18,27-28H,6,8-9H2,1H3,(H,29,30)(H,31,32)(H,22,24,25)/t13-,14-,15-,18-/m1/s1. The zero-order valence-electron chi connectivity index (χ0n) is 19.1. The lowest BCUT2D eigenvalue weighted by molar-refractivity contribution is -0.0541. The monoisotopic (exact) mass is 597 g/mol. The molecule has 0 spiro atoms. The third kappa shape index (κ3) is 6.49. The third-order valence-electron chi connectivity index (χ3n) is 5.49. The van der Waals surface area contributed by atoms with Gasteiger partial charge in [-0.05, 0) is 23.2 Å². The topological polar surface area (TPSA) is 198 Å². The van der Waals surface area contributed by atoms with Gasteiger partial charge in [-0.25, -0.2) is 4.68 Å². The highest BCUT2D eigenvalue weighted by Crippen LogP contribution is 2.58. The van der Waals surface area contributed by atoms with Crippen molar-refractivity contribution in [2.24, 2.45) is 0 Å². The summed E-state index contributed by atoms with van der Waals surface area (Å²) in [5.74, 6) is -0.823. The van der Waals surface area contributed by atoms with Crippen LogP contribution >= 0.6 is 38.4 Å². The van der Waals surface area contributed by atoms with Crippen LogP contribution in [0.25, 0.3) is 11.0 Å². The number of anilines is 1. The summed E-state index contributed by atoms with van der Waals surface area (Å²) >= 11 is 12.3. The number of ether oxygens (including phenoxy) is 1. The zero-order chi connectivity index (χ0) is 27.0. The Morgan fingerprint density at radius 3 is 2.57 bits per heavy atom. The Morgan fingerprint density at radius 2 is 1.86 bits per heavy atom. The fraction of sp³-hybridized carbons (Fsp3) is 0.421. The first-order chi connectivity index (χ1) is 17.4. The lowest BCUT2D eigenvalue weighted by Crippen LogP contribution is -2.33. The van der Waals surface area contributed by atoms with Crippen molar-refractivity contribution in [3.63, 3.8) is 0 Å². The molecular weight excluding hydrogens is 575 g/mol. The number of benzene rings is 1. The number of fused-ring (bicyclic) bond motifs is 1. The highest BCUT2D eigenvalue weighted by Gasteiger charge is 2.46. The molecule has 6 atom stereocenters. The molecule has 1 fully saturated rings. The molecule has 3 heterocycles. The molecule has 0 bridgehead atoms. The molecule has 18 heteroatoms. The van der Waals surface area contributed by atoms with E-state index in [-0.39, 0.29) is 10.9 Å². The van der Waals surface area contributed by atoms with Gasteiger partial charge in [0.1, 0.15) is 24.1 Å². The van der Waals surface area contributed by atoms with E-state index in [0.717, 1.165) is 12.7 Å². The lowest BCUT2D eigenvalue weighted by Gasteiger charge is -2.19. The number of rotatable bonds is 10. The summed E-state index contributed by atoms with van der Waals surface area (Å²) in [5.41, 5.74) is 0.984. The molecule has 1 aromatic carbocycles. The Hall–Kier alpha value is -1.67. The van der Waals surface area contributed by atoms with E-state index in [1.165, 1.54) is 10.9 Å². The molecule has 3 aromatic rings. The van der Waals surface area contributed by atoms with Crippen molar-refractivity contribution in [1.82, 2.24) is 19.7 Å². The van der Waals surface area contributed by atoms with E-state index in [0.29, 0.717) is 22.8 Å². The summed E-state index contributed by atoms with van der Waals surface area (Å²) in [6.45, 7) is -0.356. The number of hydrogen-bond acceptors (Lipinski definition) is 11. The number of aliphatic hydroxyl groups excluding tert-OH is 2. The van der Waals surface area contributed by atoms with Crippen molar-refractivity contribution in [3.05, 3.63) is 46.3 Å². The van der Waals surface area contributed by atoms with E-state index in [2.05, 4.69) is 24.9 Å². The van der Waals surface area contributed by atoms with Crippen molar-refractivity contribution < 1.29 is 42.9 Å². The Labute approximate surface area is 220 Å². The van der Waals surface area contributed by atoms with Crippen molar-refractivity contribution in [1.29, 1.82) is 0 Å². The molecule has 14 nitrogen and oxygen atoms in total. The molecule has 202 valence electrons. The van der Waals surface area contributed by atoms with E-state index in [1.807, 2.05) is 12.1 Å². The summed E-state index contributed by atoms with van der Waals surface area (Å²) < 4.78 is 39.7. The predicted molar refractivity (Wildman–Crippen MR) is 133 cm³/mol. The minimum atomic E-state index is -4.59. The second-order valence-electron chi connectivity index (χ2n) is 8.05. The van der Waals surface area contributed by atoms with E-state index < -0.39 is 52.2 Å². The smallest absolute Gasteiger partial charge is 0.340 e. The van der Waals surface area contributed by atoms with Crippen LogP contribution in [0.15, 0.2) is 30.5 Å². The molecule has 4 rings (SSSR count). The fourth-order valence-electron chi connectivity index (χ4n) is 3.62. The molecule has 0 aliphatic carbocycles. The van der Waals surface area contributed by atoms with Crippen LogP contribution in [0.1, 0.15) is 11.8 Å². The van der Waals surface area contributed by atoms with Gasteiger partial charge >= 0.3 is 15.2 Å². The summed E-state index contributed by atoms with van der Waals surface area (Å²) in [6, 6.07) is 7.23. The molecule has 1 saturated heterocycles. The summed E-state index contributed by atoms with van der Waals surface area (Å²) in [6.07, 6.45) is -4.23. The van der Waals surface area contributed by atoms with Gasteiger partial charge in [-0.15, -0.1) is 0 Å². The fourth-order valence-corrected chi connectivity index (χ4v) is 6.97. The average Bonchev–Trinajstić information content (AvgIpc) is 3.37. The first kappa shape index (κ1) is 28.3. The SMILES string of the molecule is COP(=O)(O)CP(=O)(O)OC[C@H]1O[C@@H](n2ncc3c(NCc4ccccc4Cl)nc(Cl)nc32)[C@H](O)[C@@H]1O. The number of aliphatic hydroxyl groups is 2. The second kappa shape index (κ2) is 11.2. The molecule has 1 aliphatic rings. The van der Waals surface area contributed by atoms with E-state index in [9.17, 15) is 29.1 Å². The van der Waals surface area contributed by atoms with E-state index in [4.69, 9.17) is 32.5 Å². The zero-order valence-corrected chi connectivity index (χ0v) is 22.4. The number of halogens is 2. The third-order valence-corrected chi connectivity index (χ3v) is 10.0. The molecule has 0 amide bonds. The molecule has 37 heavy (non-hydrogen) atoms. The van der Waals surface area contributed by atoms with Crippen LogP contribution in [-0.2, 0) is 29.5 Å². The predicted octanol–water partition coefficient (Wildman–Crippen LogP) is 2.36. The van der Waals surface area contributed by atoms with Gasteiger partial charge in [-0.2, -0.15) is 15.1 Å². The van der Waals surface area contributed by atoms with Gasteiger partial charge in [-0.3, -0.25) is 9.13 Å². The second-order valence-corrected chi connectivity index (χ2v) is 13.1. The maximum absolute atomic E-state index is 12.1. The van der Waals surface area contributed by atoms with Gasteiger partial charge < -0.3 is 39.1 Å². The summed E-state index contributed by atoms with van der Waals surface area (Å²) in [7, 11) is -8.02. The van der Waals surface area contributed by atoms with Crippen LogP contribution < -0.4 is 5.32 Å². The van der Waals surface area contributed by atoms with Gasteiger partial charge in [0.25, 0.3) is 0 Å². The first-order valence-electron chi connectivity index (χ1n) is 10.6. The highest BCUT2D eigenvalue weighted by atomic mass is 35.5. The first-order valence-corrected chi connectivity index (χ1v) is 14.9. The van der Waals surface area contributed by atoms with Crippen molar-refractivity contribution >= 4 is 55.2 Å². The molecular formula is C19H23Cl2N5O9P2. The normalized spacial score (nSPS) is 25.2. The maximum Gasteiger partial charge on any atom is 0.340 e. The number of nitrogens with one attached hydrogen (secondary N) is 1. The minimum Gasteiger partial charge on any atom is -0.387 e. The highest BCUT2D eigenvalue weighted by molar-refractivity contribution is 7.70. The van der Waals surface area contributed by atoms with Crippen LogP contribution in [0.4, 0.5) is 5.82 Å². The quantitative estimate of drug-likeness (QED) is 0.169. The van der Waals surface area contributed by atoms with Crippen LogP contribution in [0.3, 0.4) is 0 Å². The number of nitrogens with zero attached hydrogens (tertiary/aromatic N) is 4. The largest absolute Gasteiger partial charge is 0.387 e. The van der Waals surface area contributed by atoms with Crippen LogP contribution in [0.2, 0.25) is 10.3 Å². The van der Waals surface area contributed by atoms with E-state index in [1.54, 1.807) is 12.1 Å². The average molecular weight is 598 g/mol. The Morgan fingerprint density at radius 1 is 1.14 bits per heavy atom. The Bertz CT molecular complexity index is 1380. The molecule has 0 saturated carbocycles. The van der Waals surface area contributed by atoms with Gasteiger partial charge in [0.15, 0.2) is 17.8 Å². The van der Waals surface area contributed by atoms with Gasteiger partial charge in [0.05, 0.1) is 18.2 Å².